The highest BCUT2D eigenvalue weighted by Crippen LogP contribution is 2.18. The third kappa shape index (κ3) is 4.12. The molecule has 1 aromatic carbocycles. The van der Waals surface area contributed by atoms with Gasteiger partial charge in [-0.15, -0.1) is 11.3 Å². The molecule has 2 aromatic rings. The lowest BCUT2D eigenvalue weighted by Crippen LogP contribution is -2.29. The molecule has 0 bridgehead atoms. The van der Waals surface area contributed by atoms with Crippen LogP contribution in [0.2, 0.25) is 0 Å². The van der Waals surface area contributed by atoms with Crippen LogP contribution < -0.4 is 4.74 Å². The second-order valence-electron chi connectivity index (χ2n) is 4.66. The predicted octanol–water partition coefficient (Wildman–Crippen LogP) is 3.60. The molecule has 0 N–H and O–H groups in total. The first kappa shape index (κ1) is 15.7. The number of hydrogen-bond donors (Lipinski definition) is 0. The monoisotopic (exact) mass is 307 g/mol. The van der Waals surface area contributed by atoms with Gasteiger partial charge in [0, 0.05) is 17.0 Å². The smallest absolute Gasteiger partial charge is 0.176 e. The van der Waals surface area contributed by atoms with Gasteiger partial charge in [-0.05, 0) is 36.2 Å². The van der Waals surface area contributed by atoms with E-state index in [0.29, 0.717) is 5.56 Å². The van der Waals surface area contributed by atoms with Gasteiger partial charge in [-0.25, -0.2) is 4.39 Å². The van der Waals surface area contributed by atoms with Crippen molar-refractivity contribution in [1.29, 1.82) is 0 Å². The van der Waals surface area contributed by atoms with Gasteiger partial charge >= 0.3 is 0 Å². The van der Waals surface area contributed by atoms with E-state index in [0.717, 1.165) is 13.1 Å². The minimum atomic E-state index is -0.510. The number of nitrogens with zero attached hydrogens (tertiary/aromatic N) is 1. The molecule has 0 saturated carbocycles. The Hall–Kier alpha value is -1.72. The third-order valence-electron chi connectivity index (χ3n) is 3.25. The highest BCUT2D eigenvalue weighted by Gasteiger charge is 2.14. The Labute approximate surface area is 128 Å². The Morgan fingerprint density at radius 2 is 2.19 bits per heavy atom. The van der Waals surface area contributed by atoms with Crippen molar-refractivity contribution < 1.29 is 13.9 Å². The lowest BCUT2D eigenvalue weighted by molar-refractivity contribution is 0.0929. The number of ether oxygens (including phenoxy) is 1. The van der Waals surface area contributed by atoms with Gasteiger partial charge in [0.2, 0.25) is 0 Å². The van der Waals surface area contributed by atoms with Crippen molar-refractivity contribution in [3.05, 3.63) is 52.0 Å². The van der Waals surface area contributed by atoms with E-state index in [2.05, 4.69) is 0 Å². The van der Waals surface area contributed by atoms with Crippen LogP contribution in [0.15, 0.2) is 35.7 Å². The van der Waals surface area contributed by atoms with Crippen LogP contribution in [0, 0.1) is 5.82 Å². The van der Waals surface area contributed by atoms with Crippen molar-refractivity contribution in [2.45, 2.75) is 13.5 Å². The molecule has 0 atom stereocenters. The van der Waals surface area contributed by atoms with Crippen LogP contribution in [0.5, 0.6) is 5.75 Å². The lowest BCUT2D eigenvalue weighted by atomic mass is 10.1. The summed E-state index contributed by atoms with van der Waals surface area (Å²) in [6, 6.07) is 8.36. The van der Waals surface area contributed by atoms with Crippen LogP contribution >= 0.6 is 11.3 Å². The summed E-state index contributed by atoms with van der Waals surface area (Å²) < 4.78 is 18.5. The standard InChI is InChI=1S/C16H18FNO2S/c1-3-18(10-13-5-4-8-21-13)11-15(19)12-6-7-16(20-2)14(17)9-12/h4-9H,3,10-11H2,1-2H3. The summed E-state index contributed by atoms with van der Waals surface area (Å²) in [4.78, 5) is 15.5. The first-order valence-electron chi connectivity index (χ1n) is 6.75. The number of benzene rings is 1. The number of halogens is 1. The van der Waals surface area contributed by atoms with Crippen LogP contribution in [-0.4, -0.2) is 30.9 Å². The number of thiophene rings is 1. The molecule has 21 heavy (non-hydrogen) atoms. The zero-order chi connectivity index (χ0) is 15.2. The summed E-state index contributed by atoms with van der Waals surface area (Å²) in [7, 11) is 1.40. The zero-order valence-corrected chi connectivity index (χ0v) is 13.0. The van der Waals surface area contributed by atoms with Crippen LogP contribution in [0.3, 0.4) is 0 Å². The minimum Gasteiger partial charge on any atom is -0.494 e. The van der Waals surface area contributed by atoms with Gasteiger partial charge in [0.05, 0.1) is 13.7 Å². The Balaban J connectivity index is 2.03. The van der Waals surface area contributed by atoms with E-state index < -0.39 is 5.82 Å². The minimum absolute atomic E-state index is 0.0880. The van der Waals surface area contributed by atoms with Crippen molar-refractivity contribution in [3.8, 4) is 5.75 Å². The first-order valence-corrected chi connectivity index (χ1v) is 7.63. The molecule has 0 unspecified atom stereocenters. The largest absolute Gasteiger partial charge is 0.494 e. The topological polar surface area (TPSA) is 29.5 Å². The summed E-state index contributed by atoms with van der Waals surface area (Å²) in [6.45, 7) is 3.79. The van der Waals surface area contributed by atoms with Crippen molar-refractivity contribution in [3.63, 3.8) is 0 Å². The number of Topliss-reactive ketones (excluding diaryl/α,β-unsaturated/α-hetero) is 1. The van der Waals surface area contributed by atoms with E-state index in [1.807, 2.05) is 29.3 Å². The van der Waals surface area contributed by atoms with E-state index in [4.69, 9.17) is 4.74 Å². The Morgan fingerprint density at radius 3 is 2.76 bits per heavy atom. The molecule has 0 spiro atoms. The van der Waals surface area contributed by atoms with Gasteiger partial charge in [0.25, 0.3) is 0 Å². The molecular formula is C16H18FNO2S. The molecule has 0 fully saturated rings. The normalized spacial score (nSPS) is 10.9. The van der Waals surface area contributed by atoms with Crippen molar-refractivity contribution in [2.75, 3.05) is 20.2 Å². The summed E-state index contributed by atoms with van der Waals surface area (Å²) >= 11 is 1.67. The number of carbonyl (C=O) groups excluding carboxylic acids is 1. The average Bonchev–Trinajstić information content (AvgIpc) is 2.99. The second kappa shape index (κ2) is 7.33. The maximum atomic E-state index is 13.6. The molecular weight excluding hydrogens is 289 g/mol. The number of hydrogen-bond acceptors (Lipinski definition) is 4. The van der Waals surface area contributed by atoms with Crippen LogP contribution in [-0.2, 0) is 6.54 Å². The average molecular weight is 307 g/mol. The van der Waals surface area contributed by atoms with Crippen LogP contribution in [0.4, 0.5) is 4.39 Å². The number of methoxy groups -OCH3 is 1. The highest BCUT2D eigenvalue weighted by atomic mass is 32.1. The number of ketones is 1. The number of likely N-dealkylation sites (N-methyl/N-ethyl adjacent to an activating group) is 1. The molecule has 3 nitrogen and oxygen atoms in total. The summed E-state index contributed by atoms with van der Waals surface area (Å²) in [5.41, 5.74) is 0.373. The fraction of sp³-hybridized carbons (Fsp3) is 0.312. The predicted molar refractivity (Wildman–Crippen MR) is 82.6 cm³/mol. The highest BCUT2D eigenvalue weighted by molar-refractivity contribution is 7.09. The quantitative estimate of drug-likeness (QED) is 0.732. The molecule has 0 aliphatic heterocycles. The molecule has 0 aliphatic carbocycles. The summed E-state index contributed by atoms with van der Waals surface area (Å²) in [5, 5.41) is 2.02. The fourth-order valence-electron chi connectivity index (χ4n) is 2.04. The first-order chi connectivity index (χ1) is 10.1. The SMILES string of the molecule is CCN(CC(=O)c1ccc(OC)c(F)c1)Cc1cccs1. The maximum absolute atomic E-state index is 13.6. The van der Waals surface area contributed by atoms with Gasteiger partial charge < -0.3 is 4.74 Å². The van der Waals surface area contributed by atoms with E-state index in [1.165, 1.54) is 24.1 Å². The van der Waals surface area contributed by atoms with Crippen molar-refractivity contribution in [2.24, 2.45) is 0 Å². The van der Waals surface area contributed by atoms with Gasteiger partial charge in [0.1, 0.15) is 0 Å². The van der Waals surface area contributed by atoms with Crippen LogP contribution in [0.25, 0.3) is 0 Å². The second-order valence-corrected chi connectivity index (χ2v) is 5.69. The Bertz CT molecular complexity index is 598. The molecule has 112 valence electrons. The van der Waals surface area contributed by atoms with Gasteiger partial charge in [-0.3, -0.25) is 9.69 Å². The van der Waals surface area contributed by atoms with E-state index in [9.17, 15) is 9.18 Å². The Kier molecular flexibility index (Phi) is 5.47. The Morgan fingerprint density at radius 1 is 1.38 bits per heavy atom. The number of carbonyl (C=O) groups is 1. The van der Waals surface area contributed by atoms with E-state index in [-0.39, 0.29) is 18.1 Å². The fourth-order valence-corrected chi connectivity index (χ4v) is 2.78. The van der Waals surface area contributed by atoms with Gasteiger partial charge in [-0.2, -0.15) is 0 Å². The number of rotatable bonds is 7. The van der Waals surface area contributed by atoms with Gasteiger partial charge in [0.15, 0.2) is 17.3 Å². The lowest BCUT2D eigenvalue weighted by Gasteiger charge is -2.18. The molecule has 2 rings (SSSR count). The summed E-state index contributed by atoms with van der Waals surface area (Å²) in [6.07, 6.45) is 0. The molecule has 5 heteroatoms. The maximum Gasteiger partial charge on any atom is 0.176 e. The van der Waals surface area contributed by atoms with E-state index in [1.54, 1.807) is 17.4 Å². The molecule has 0 saturated heterocycles. The molecule has 0 aliphatic rings. The molecule has 0 amide bonds. The zero-order valence-electron chi connectivity index (χ0n) is 12.1. The molecule has 1 heterocycles. The van der Waals surface area contributed by atoms with Crippen molar-refractivity contribution >= 4 is 17.1 Å². The molecule has 1 aromatic heterocycles. The van der Waals surface area contributed by atoms with Crippen LogP contribution in [0.1, 0.15) is 22.2 Å². The summed E-state index contributed by atoms with van der Waals surface area (Å²) in [5.74, 6) is -0.447. The van der Waals surface area contributed by atoms with Crippen molar-refractivity contribution in [1.82, 2.24) is 4.90 Å². The van der Waals surface area contributed by atoms with Gasteiger partial charge in [-0.1, -0.05) is 13.0 Å². The van der Waals surface area contributed by atoms with E-state index >= 15 is 0 Å². The molecule has 0 radical (unpaired) electrons. The third-order valence-corrected chi connectivity index (χ3v) is 4.11.